The molecule has 0 spiro atoms. The highest BCUT2D eigenvalue weighted by Gasteiger charge is 2.28. The number of carbonyl (C=O) groups excluding carboxylic acids is 2. The van der Waals surface area contributed by atoms with Gasteiger partial charge in [0.2, 0.25) is 5.91 Å². The first kappa shape index (κ1) is 17.8. The molecular weight excluding hydrogens is 322 g/mol. The molecule has 0 radical (unpaired) electrons. The minimum Gasteiger partial charge on any atom is -0.381 e. The van der Waals surface area contributed by atoms with Crippen molar-refractivity contribution in [2.24, 2.45) is 0 Å². The van der Waals surface area contributed by atoms with Crippen molar-refractivity contribution in [3.8, 4) is 0 Å². The van der Waals surface area contributed by atoms with Crippen LogP contribution in [0.5, 0.6) is 0 Å². The van der Waals surface area contributed by atoms with Gasteiger partial charge in [0.25, 0.3) is 5.91 Å². The van der Waals surface area contributed by atoms with Crippen LogP contribution in [0.15, 0.2) is 24.3 Å². The minimum atomic E-state index is -0.370. The Morgan fingerprint density at radius 3 is 2.52 bits per heavy atom. The molecule has 7 heteroatoms. The highest BCUT2D eigenvalue weighted by Crippen LogP contribution is 2.13. The first-order chi connectivity index (χ1) is 12.1. The Labute approximate surface area is 147 Å². The minimum absolute atomic E-state index is 0.0965. The van der Waals surface area contributed by atoms with Gasteiger partial charge in [-0.15, -0.1) is 0 Å². The van der Waals surface area contributed by atoms with Crippen LogP contribution in [0.1, 0.15) is 30.1 Å². The van der Waals surface area contributed by atoms with E-state index in [4.69, 9.17) is 9.47 Å². The summed E-state index contributed by atoms with van der Waals surface area (Å²) < 4.78 is 10.8. The molecule has 2 aliphatic heterocycles. The van der Waals surface area contributed by atoms with Crippen LogP contribution < -0.4 is 16.0 Å². The average molecular weight is 347 g/mol. The molecule has 0 bridgehead atoms. The second kappa shape index (κ2) is 8.42. The molecule has 1 aromatic carbocycles. The second-order valence-corrected chi connectivity index (χ2v) is 6.43. The van der Waals surface area contributed by atoms with Crippen molar-refractivity contribution in [2.75, 3.05) is 31.7 Å². The lowest BCUT2D eigenvalue weighted by Crippen LogP contribution is -2.53. The van der Waals surface area contributed by atoms with Crippen LogP contribution in [-0.4, -0.2) is 56.4 Å². The van der Waals surface area contributed by atoms with E-state index < -0.39 is 0 Å². The number of hydrogen-bond donors (Lipinski definition) is 3. The lowest BCUT2D eigenvalue weighted by Gasteiger charge is -2.29. The van der Waals surface area contributed by atoms with Gasteiger partial charge < -0.3 is 25.4 Å². The fourth-order valence-corrected chi connectivity index (χ4v) is 3.06. The summed E-state index contributed by atoms with van der Waals surface area (Å²) in [7, 11) is 0. The van der Waals surface area contributed by atoms with Crippen molar-refractivity contribution in [2.45, 2.75) is 38.0 Å². The Morgan fingerprint density at radius 1 is 1.12 bits per heavy atom. The van der Waals surface area contributed by atoms with Crippen LogP contribution >= 0.6 is 0 Å². The monoisotopic (exact) mass is 347 g/mol. The summed E-state index contributed by atoms with van der Waals surface area (Å²) >= 11 is 0. The number of amides is 2. The maximum absolute atomic E-state index is 12.3. The number of benzene rings is 1. The van der Waals surface area contributed by atoms with E-state index in [0.29, 0.717) is 37.6 Å². The summed E-state index contributed by atoms with van der Waals surface area (Å²) in [5.74, 6) is -0.229. The van der Waals surface area contributed by atoms with Crippen LogP contribution in [0.4, 0.5) is 5.69 Å². The van der Waals surface area contributed by atoms with Gasteiger partial charge in [0, 0.05) is 37.1 Å². The van der Waals surface area contributed by atoms with E-state index in [1.54, 1.807) is 24.3 Å². The molecule has 2 saturated heterocycles. The topological polar surface area (TPSA) is 88.7 Å². The van der Waals surface area contributed by atoms with E-state index in [1.165, 1.54) is 0 Å². The van der Waals surface area contributed by atoms with Crippen molar-refractivity contribution in [3.63, 3.8) is 0 Å². The number of rotatable bonds is 4. The molecule has 1 aromatic rings. The molecule has 2 amide bonds. The van der Waals surface area contributed by atoms with Gasteiger partial charge in [0.15, 0.2) is 0 Å². The maximum atomic E-state index is 12.3. The van der Waals surface area contributed by atoms with Gasteiger partial charge in [-0.1, -0.05) is 0 Å². The Morgan fingerprint density at radius 2 is 1.84 bits per heavy atom. The molecule has 2 atom stereocenters. The highest BCUT2D eigenvalue weighted by atomic mass is 16.5. The Balaban J connectivity index is 1.54. The Bertz CT molecular complexity index is 599. The first-order valence-corrected chi connectivity index (χ1v) is 8.78. The lowest BCUT2D eigenvalue weighted by atomic mass is 10.1. The normalized spacial score (nSPS) is 24.5. The van der Waals surface area contributed by atoms with E-state index in [0.717, 1.165) is 12.8 Å². The molecule has 7 nitrogen and oxygen atoms in total. The van der Waals surface area contributed by atoms with E-state index in [1.807, 2.05) is 6.92 Å². The van der Waals surface area contributed by atoms with Gasteiger partial charge >= 0.3 is 0 Å². The predicted octanol–water partition coefficient (Wildman–Crippen LogP) is 0.911. The number of morpholine rings is 1. The summed E-state index contributed by atoms with van der Waals surface area (Å²) in [5, 5.41) is 9.03. The largest absolute Gasteiger partial charge is 0.381 e. The smallest absolute Gasteiger partial charge is 0.251 e. The zero-order chi connectivity index (χ0) is 17.6. The summed E-state index contributed by atoms with van der Waals surface area (Å²) in [6, 6.07) is 6.72. The summed E-state index contributed by atoms with van der Waals surface area (Å²) in [6.07, 6.45) is 1.52. The lowest BCUT2D eigenvalue weighted by molar-refractivity contribution is -0.123. The molecule has 2 heterocycles. The predicted molar refractivity (Wildman–Crippen MR) is 93.6 cm³/mol. The number of carbonyl (C=O) groups is 2. The maximum Gasteiger partial charge on any atom is 0.251 e. The third-order valence-corrected chi connectivity index (χ3v) is 4.57. The summed E-state index contributed by atoms with van der Waals surface area (Å²) in [4.78, 5) is 24.6. The Kier molecular flexibility index (Phi) is 6.01. The zero-order valence-corrected chi connectivity index (χ0v) is 14.4. The van der Waals surface area contributed by atoms with Crippen LogP contribution in [-0.2, 0) is 14.3 Å². The zero-order valence-electron chi connectivity index (χ0n) is 14.4. The number of ether oxygens (including phenoxy) is 2. The first-order valence-electron chi connectivity index (χ1n) is 8.78. The second-order valence-electron chi connectivity index (χ2n) is 6.43. The van der Waals surface area contributed by atoms with E-state index in [2.05, 4.69) is 16.0 Å². The molecule has 2 fully saturated rings. The Hall–Kier alpha value is -1.96. The van der Waals surface area contributed by atoms with Crippen molar-refractivity contribution in [1.29, 1.82) is 0 Å². The van der Waals surface area contributed by atoms with Gasteiger partial charge in [-0.3, -0.25) is 9.59 Å². The van der Waals surface area contributed by atoms with Gasteiger partial charge in [-0.25, -0.2) is 0 Å². The summed E-state index contributed by atoms with van der Waals surface area (Å²) in [6.45, 7) is 4.52. The van der Waals surface area contributed by atoms with Crippen LogP contribution in [0.2, 0.25) is 0 Å². The quantitative estimate of drug-likeness (QED) is 0.753. The highest BCUT2D eigenvalue weighted by molar-refractivity contribution is 5.97. The molecule has 0 saturated carbocycles. The molecule has 3 N–H and O–H groups in total. The van der Waals surface area contributed by atoms with Crippen LogP contribution in [0.3, 0.4) is 0 Å². The standard InChI is InChI=1S/C18H25N3O4/c1-12-16(19-8-11-25-12)18(23)21-14-4-2-13(3-5-14)17(22)20-15-6-9-24-10-7-15/h2-5,12,15-16,19H,6-11H2,1H3,(H,20,22)(H,21,23)/t12-,16+/m1/s1. The van der Waals surface area contributed by atoms with Crippen LogP contribution in [0.25, 0.3) is 0 Å². The molecule has 0 aliphatic carbocycles. The van der Waals surface area contributed by atoms with Gasteiger partial charge in [0.1, 0.15) is 6.04 Å². The molecule has 0 unspecified atom stereocenters. The number of anilines is 1. The fourth-order valence-electron chi connectivity index (χ4n) is 3.06. The molecule has 3 rings (SSSR count). The van der Waals surface area contributed by atoms with Gasteiger partial charge in [0.05, 0.1) is 12.7 Å². The van der Waals surface area contributed by atoms with E-state index >= 15 is 0 Å². The van der Waals surface area contributed by atoms with E-state index in [-0.39, 0.29) is 30.0 Å². The molecule has 25 heavy (non-hydrogen) atoms. The third kappa shape index (κ3) is 4.78. The van der Waals surface area contributed by atoms with Crippen molar-refractivity contribution in [3.05, 3.63) is 29.8 Å². The van der Waals surface area contributed by atoms with Gasteiger partial charge in [-0.2, -0.15) is 0 Å². The molecule has 2 aliphatic rings. The summed E-state index contributed by atoms with van der Waals surface area (Å²) in [5.41, 5.74) is 1.24. The van der Waals surface area contributed by atoms with Crippen molar-refractivity contribution < 1.29 is 19.1 Å². The van der Waals surface area contributed by atoms with Crippen LogP contribution in [0, 0.1) is 0 Å². The van der Waals surface area contributed by atoms with Crippen molar-refractivity contribution in [1.82, 2.24) is 10.6 Å². The number of hydrogen-bond acceptors (Lipinski definition) is 5. The third-order valence-electron chi connectivity index (χ3n) is 4.57. The molecular formula is C18H25N3O4. The average Bonchev–Trinajstić information content (AvgIpc) is 2.63. The molecule has 0 aromatic heterocycles. The van der Waals surface area contributed by atoms with Crippen molar-refractivity contribution >= 4 is 17.5 Å². The fraction of sp³-hybridized carbons (Fsp3) is 0.556. The molecule has 136 valence electrons. The SMILES string of the molecule is C[C@H]1OCCN[C@@H]1C(=O)Nc1ccc(C(=O)NC2CCOCC2)cc1. The van der Waals surface area contributed by atoms with Gasteiger partial charge in [-0.05, 0) is 44.0 Å². The van der Waals surface area contributed by atoms with E-state index in [9.17, 15) is 9.59 Å². The number of nitrogens with one attached hydrogen (secondary N) is 3.